The van der Waals surface area contributed by atoms with Gasteiger partial charge in [-0.1, -0.05) is 13.3 Å². The van der Waals surface area contributed by atoms with Crippen molar-refractivity contribution in [1.29, 1.82) is 0 Å². The zero-order valence-corrected chi connectivity index (χ0v) is 20.8. The predicted octanol–water partition coefficient (Wildman–Crippen LogP) is 4.27. The van der Waals surface area contributed by atoms with Crippen LogP contribution >= 0.6 is 0 Å². The maximum atomic E-state index is 12.6. The van der Waals surface area contributed by atoms with E-state index in [0.29, 0.717) is 31.4 Å². The van der Waals surface area contributed by atoms with Crippen LogP contribution in [0.15, 0.2) is 34.9 Å². The van der Waals surface area contributed by atoms with E-state index >= 15 is 0 Å². The molecule has 0 spiro atoms. The van der Waals surface area contributed by atoms with Gasteiger partial charge in [-0.25, -0.2) is 0 Å². The summed E-state index contributed by atoms with van der Waals surface area (Å²) in [6, 6.07) is 8.33. The van der Waals surface area contributed by atoms with Gasteiger partial charge in [0.05, 0.1) is 13.1 Å². The van der Waals surface area contributed by atoms with Crippen LogP contribution < -0.4 is 5.32 Å². The molecule has 0 aromatic carbocycles. The van der Waals surface area contributed by atoms with Crippen molar-refractivity contribution in [2.75, 3.05) is 26.2 Å². The van der Waals surface area contributed by atoms with Crippen molar-refractivity contribution < 1.29 is 14.0 Å². The first kappa shape index (κ1) is 24.6. The standard InChI is InChI=1S/C27H40N4O3/c1-3-15-31(27(33)22-10-11-22)19-23-9-6-17-30(23)20-24-12-13-25(34-24)26(32)28-14-7-18-29-16-5-4-8-21(29)2/h6,9,12-13,17,21-22H,3-5,7-8,10-11,14-16,18-20H2,1-2H3,(H,28,32). The van der Waals surface area contributed by atoms with Gasteiger partial charge >= 0.3 is 0 Å². The topological polar surface area (TPSA) is 70.7 Å². The van der Waals surface area contributed by atoms with Gasteiger partial charge in [-0.15, -0.1) is 0 Å². The van der Waals surface area contributed by atoms with Crippen LogP contribution in [0.3, 0.4) is 0 Å². The Morgan fingerprint density at radius 2 is 2.03 bits per heavy atom. The molecule has 2 amide bonds. The lowest BCUT2D eigenvalue weighted by Gasteiger charge is -2.33. The number of aromatic nitrogens is 1. The monoisotopic (exact) mass is 468 g/mol. The van der Waals surface area contributed by atoms with E-state index in [-0.39, 0.29) is 17.7 Å². The van der Waals surface area contributed by atoms with Crippen molar-refractivity contribution >= 4 is 11.8 Å². The molecule has 1 aliphatic carbocycles. The molecule has 1 unspecified atom stereocenters. The van der Waals surface area contributed by atoms with E-state index in [4.69, 9.17) is 4.42 Å². The molecular weight excluding hydrogens is 428 g/mol. The Morgan fingerprint density at radius 3 is 2.79 bits per heavy atom. The van der Waals surface area contributed by atoms with Crippen LogP contribution in [0, 0.1) is 5.92 Å². The number of nitrogens with zero attached hydrogens (tertiary/aromatic N) is 3. The van der Waals surface area contributed by atoms with E-state index in [0.717, 1.165) is 50.2 Å². The van der Waals surface area contributed by atoms with E-state index < -0.39 is 0 Å². The Kier molecular flexibility index (Phi) is 8.48. The van der Waals surface area contributed by atoms with Gasteiger partial charge in [0.25, 0.3) is 5.91 Å². The number of rotatable bonds is 12. The average Bonchev–Trinajstić information content (AvgIpc) is 3.43. The molecule has 1 saturated heterocycles. The van der Waals surface area contributed by atoms with Gasteiger partial charge in [-0.3, -0.25) is 9.59 Å². The molecule has 0 bridgehead atoms. The Hall–Kier alpha value is -2.54. The van der Waals surface area contributed by atoms with E-state index in [9.17, 15) is 9.59 Å². The van der Waals surface area contributed by atoms with Crippen LogP contribution in [0.5, 0.6) is 0 Å². The molecule has 34 heavy (non-hydrogen) atoms. The normalized spacial score (nSPS) is 18.7. The number of amides is 2. The first-order chi connectivity index (χ1) is 16.5. The van der Waals surface area contributed by atoms with Gasteiger partial charge in [0, 0.05) is 43.5 Å². The summed E-state index contributed by atoms with van der Waals surface area (Å²) in [5, 5.41) is 3.00. The van der Waals surface area contributed by atoms with Crippen molar-refractivity contribution in [2.24, 2.45) is 5.92 Å². The number of piperidine rings is 1. The van der Waals surface area contributed by atoms with Crippen LogP contribution in [-0.4, -0.2) is 58.4 Å². The predicted molar refractivity (Wildman–Crippen MR) is 133 cm³/mol. The molecule has 0 radical (unpaired) electrons. The number of nitrogens with one attached hydrogen (secondary N) is 1. The number of likely N-dealkylation sites (tertiary alicyclic amines) is 1. The average molecular weight is 469 g/mol. The number of carbonyl (C=O) groups excluding carboxylic acids is 2. The maximum Gasteiger partial charge on any atom is 0.286 e. The van der Waals surface area contributed by atoms with Crippen LogP contribution in [0.1, 0.15) is 80.8 Å². The second-order valence-electron chi connectivity index (χ2n) is 9.92. The summed E-state index contributed by atoms with van der Waals surface area (Å²) in [5.41, 5.74) is 1.08. The highest BCUT2D eigenvalue weighted by Gasteiger charge is 2.33. The Bertz CT molecular complexity index is 945. The smallest absolute Gasteiger partial charge is 0.286 e. The lowest BCUT2D eigenvalue weighted by molar-refractivity contribution is -0.133. The van der Waals surface area contributed by atoms with Gasteiger partial charge in [-0.2, -0.15) is 0 Å². The summed E-state index contributed by atoms with van der Waals surface area (Å²) in [5.74, 6) is 1.44. The fourth-order valence-corrected chi connectivity index (χ4v) is 4.88. The van der Waals surface area contributed by atoms with E-state index in [1.54, 1.807) is 6.07 Å². The van der Waals surface area contributed by atoms with Crippen molar-refractivity contribution in [3.63, 3.8) is 0 Å². The third-order valence-corrected chi connectivity index (χ3v) is 7.07. The lowest BCUT2D eigenvalue weighted by atomic mass is 10.0. The largest absolute Gasteiger partial charge is 0.454 e. The molecule has 2 aliphatic rings. The van der Waals surface area contributed by atoms with Crippen molar-refractivity contribution in [3.05, 3.63) is 47.7 Å². The summed E-state index contributed by atoms with van der Waals surface area (Å²) in [6.07, 6.45) is 9.83. The third-order valence-electron chi connectivity index (χ3n) is 7.07. The first-order valence-electron chi connectivity index (χ1n) is 13.1. The fourth-order valence-electron chi connectivity index (χ4n) is 4.88. The second-order valence-corrected chi connectivity index (χ2v) is 9.92. The van der Waals surface area contributed by atoms with E-state index in [1.807, 2.05) is 23.2 Å². The zero-order valence-electron chi connectivity index (χ0n) is 20.8. The third kappa shape index (κ3) is 6.53. The Morgan fingerprint density at radius 1 is 1.18 bits per heavy atom. The number of carbonyl (C=O) groups is 2. The molecule has 7 nitrogen and oxygen atoms in total. The van der Waals surface area contributed by atoms with Crippen LogP contribution in [0.4, 0.5) is 0 Å². The fraction of sp³-hybridized carbons (Fsp3) is 0.630. The second kappa shape index (κ2) is 11.7. The molecule has 2 aromatic rings. The van der Waals surface area contributed by atoms with Crippen LogP contribution in [0.2, 0.25) is 0 Å². The molecular formula is C27H40N4O3. The summed E-state index contributed by atoms with van der Waals surface area (Å²) < 4.78 is 7.96. The maximum absolute atomic E-state index is 12.6. The summed E-state index contributed by atoms with van der Waals surface area (Å²) in [7, 11) is 0. The highest BCUT2D eigenvalue weighted by Crippen LogP contribution is 2.31. The molecule has 1 aliphatic heterocycles. The first-order valence-corrected chi connectivity index (χ1v) is 13.1. The Labute approximate surface area is 203 Å². The van der Waals surface area contributed by atoms with Crippen molar-refractivity contribution in [1.82, 2.24) is 19.7 Å². The Balaban J connectivity index is 1.26. The molecule has 186 valence electrons. The zero-order chi connectivity index (χ0) is 23.9. The van der Waals surface area contributed by atoms with Gasteiger partial charge in [-0.05, 0) is 76.3 Å². The van der Waals surface area contributed by atoms with Gasteiger partial charge in [0.15, 0.2) is 5.76 Å². The van der Waals surface area contributed by atoms with Crippen molar-refractivity contribution in [3.8, 4) is 0 Å². The highest BCUT2D eigenvalue weighted by molar-refractivity contribution is 5.91. The minimum Gasteiger partial charge on any atom is -0.454 e. The van der Waals surface area contributed by atoms with E-state index in [2.05, 4.69) is 34.7 Å². The van der Waals surface area contributed by atoms with Gasteiger partial charge < -0.3 is 24.1 Å². The molecule has 1 N–H and O–H groups in total. The number of hydrogen-bond donors (Lipinski definition) is 1. The number of hydrogen-bond acceptors (Lipinski definition) is 4. The minimum atomic E-state index is -0.158. The molecule has 4 rings (SSSR count). The summed E-state index contributed by atoms with van der Waals surface area (Å²) in [4.78, 5) is 29.7. The van der Waals surface area contributed by atoms with Crippen LogP contribution in [-0.2, 0) is 17.9 Å². The molecule has 2 fully saturated rings. The number of furan rings is 1. The molecule has 1 saturated carbocycles. The quantitative estimate of drug-likeness (QED) is 0.472. The minimum absolute atomic E-state index is 0.158. The summed E-state index contributed by atoms with van der Waals surface area (Å²) >= 11 is 0. The molecule has 3 heterocycles. The van der Waals surface area contributed by atoms with Gasteiger partial charge in [0.2, 0.25) is 5.91 Å². The molecule has 2 aromatic heterocycles. The van der Waals surface area contributed by atoms with Crippen molar-refractivity contribution in [2.45, 2.75) is 77.9 Å². The van der Waals surface area contributed by atoms with E-state index in [1.165, 1.54) is 25.8 Å². The van der Waals surface area contributed by atoms with Crippen LogP contribution in [0.25, 0.3) is 0 Å². The SMILES string of the molecule is CCCN(Cc1cccn1Cc1ccc(C(=O)NCCCN2CCCCC2C)o1)C(=O)C1CC1. The molecule has 1 atom stereocenters. The summed E-state index contributed by atoms with van der Waals surface area (Å²) in [6.45, 7) is 9.19. The van der Waals surface area contributed by atoms with Gasteiger partial charge in [0.1, 0.15) is 5.76 Å². The lowest BCUT2D eigenvalue weighted by Crippen LogP contribution is -2.39. The molecule has 7 heteroatoms. The highest BCUT2D eigenvalue weighted by atomic mass is 16.4.